The van der Waals surface area contributed by atoms with Crippen LogP contribution in [0, 0.1) is 23.7 Å². The standard InChI is InChI=1S/C69H77N3O22S/c1-4-59(73)87-40-42-89-63(77)30-28-61(75)85-35-32-46-10-22-53(23-11-46)91-65(79)48-14-16-50(17-15-48)67(81)93-55-26-27-57(52(44-55)45-70-72(34-37-84-39-38-83-3)69-71-56-8-6-7-9-58(56)95-69)94-68(82)51-20-18-49(19-21-51)66(80)92-54-24-12-47(13-25-54)33-36-86-62(76)29-31-64(78)90-43-41-88-60(74)5-2/h4-13,22-27,44-45,48-51H,1-2,14-21,28-43H2,3H3/b70-45+. The smallest absolute Gasteiger partial charge is 0.330 e. The first-order valence-electron chi connectivity index (χ1n) is 31.2. The molecule has 25 nitrogen and oxygen atoms in total. The Morgan fingerprint density at radius 2 is 0.916 bits per heavy atom. The van der Waals surface area contributed by atoms with Gasteiger partial charge in [-0.2, -0.15) is 5.10 Å². The average molecular weight is 1330 g/mol. The van der Waals surface area contributed by atoms with Gasteiger partial charge in [0.2, 0.25) is 5.13 Å². The molecule has 1 aromatic heterocycles. The molecule has 2 saturated carbocycles. The number of esters is 10. The van der Waals surface area contributed by atoms with Crippen LogP contribution in [0.1, 0.15) is 93.7 Å². The molecule has 0 bridgehead atoms. The lowest BCUT2D eigenvalue weighted by Gasteiger charge is -2.26. The fourth-order valence-electron chi connectivity index (χ4n) is 9.83. The number of hydrogen-bond acceptors (Lipinski definition) is 26. The van der Waals surface area contributed by atoms with Gasteiger partial charge in [0.05, 0.1) is 105 Å². The quantitative estimate of drug-likeness (QED) is 0.00682. The van der Waals surface area contributed by atoms with Crippen molar-refractivity contribution in [1.82, 2.24) is 4.98 Å². The van der Waals surface area contributed by atoms with Crippen LogP contribution >= 0.6 is 11.3 Å². The van der Waals surface area contributed by atoms with E-state index in [1.54, 1.807) is 66.7 Å². The molecule has 0 saturated heterocycles. The third kappa shape index (κ3) is 25.3. The Hall–Kier alpha value is -9.66. The van der Waals surface area contributed by atoms with E-state index in [2.05, 4.69) is 13.2 Å². The highest BCUT2D eigenvalue weighted by Crippen LogP contribution is 2.35. The van der Waals surface area contributed by atoms with Gasteiger partial charge in [-0.05, 0) is 117 Å². The number of fused-ring (bicyclic) bond motifs is 1. The molecular formula is C69H77N3O22S. The van der Waals surface area contributed by atoms with Crippen molar-refractivity contribution < 1.29 is 105 Å². The minimum Gasteiger partial charge on any atom is -0.465 e. The summed E-state index contributed by atoms with van der Waals surface area (Å²) in [6, 6.07) is 25.8. The molecule has 7 rings (SSSR count). The van der Waals surface area contributed by atoms with Gasteiger partial charge in [0.25, 0.3) is 0 Å². The highest BCUT2D eigenvalue weighted by Gasteiger charge is 2.34. The lowest BCUT2D eigenvalue weighted by Crippen LogP contribution is -2.30. The first kappa shape index (κ1) is 72.8. The van der Waals surface area contributed by atoms with Crippen molar-refractivity contribution in [3.8, 4) is 23.0 Å². The number of hydrogen-bond donors (Lipinski definition) is 0. The molecule has 5 aromatic rings. The summed E-state index contributed by atoms with van der Waals surface area (Å²) in [6.45, 7) is 7.42. The van der Waals surface area contributed by atoms with Crippen molar-refractivity contribution in [3.05, 3.63) is 133 Å². The number of benzene rings is 4. The van der Waals surface area contributed by atoms with Crippen LogP contribution in [-0.2, 0) is 98.7 Å². The van der Waals surface area contributed by atoms with Gasteiger partial charge in [0, 0.05) is 37.7 Å². The molecule has 0 radical (unpaired) electrons. The number of carbonyl (C=O) groups is 10. The Kier molecular flexibility index (Phi) is 30.0. The highest BCUT2D eigenvalue weighted by molar-refractivity contribution is 7.22. The third-order valence-electron chi connectivity index (χ3n) is 15.1. The topological polar surface area (TPSA) is 310 Å². The van der Waals surface area contributed by atoms with Crippen molar-refractivity contribution >= 4 is 92.6 Å². The van der Waals surface area contributed by atoms with Crippen molar-refractivity contribution in [2.24, 2.45) is 28.8 Å². The third-order valence-corrected chi connectivity index (χ3v) is 16.1. The predicted molar refractivity (Wildman–Crippen MR) is 342 cm³/mol. The summed E-state index contributed by atoms with van der Waals surface area (Å²) in [5.41, 5.74) is 2.72. The fourth-order valence-corrected chi connectivity index (χ4v) is 10.8. The van der Waals surface area contributed by atoms with Crippen LogP contribution in [0.5, 0.6) is 23.0 Å². The molecule has 506 valence electrons. The first-order chi connectivity index (χ1) is 46.0. The lowest BCUT2D eigenvalue weighted by molar-refractivity contribution is -0.152. The average Bonchev–Trinajstić information content (AvgIpc) is 1.83. The van der Waals surface area contributed by atoms with E-state index < -0.39 is 83.4 Å². The minimum absolute atomic E-state index is 0.0540. The molecule has 26 heteroatoms. The molecule has 0 atom stereocenters. The summed E-state index contributed by atoms with van der Waals surface area (Å²) in [7, 11) is 1.58. The van der Waals surface area contributed by atoms with Crippen LogP contribution in [-0.4, -0.2) is 144 Å². The van der Waals surface area contributed by atoms with Crippen LogP contribution in [0.25, 0.3) is 10.2 Å². The van der Waals surface area contributed by atoms with Crippen molar-refractivity contribution in [2.45, 2.75) is 89.9 Å². The number of rotatable bonds is 37. The number of para-hydroxylation sites is 1. The zero-order chi connectivity index (χ0) is 67.7. The molecule has 0 N–H and O–H groups in total. The maximum atomic E-state index is 14.0. The summed E-state index contributed by atoms with van der Waals surface area (Å²) in [6.07, 6.45) is 6.37. The van der Waals surface area contributed by atoms with E-state index in [0.717, 1.165) is 33.5 Å². The number of nitrogens with zero attached hydrogens (tertiary/aromatic N) is 3. The van der Waals surface area contributed by atoms with Gasteiger partial charge in [-0.3, -0.25) is 38.4 Å². The van der Waals surface area contributed by atoms with Crippen LogP contribution in [0.4, 0.5) is 5.13 Å². The van der Waals surface area contributed by atoms with Crippen molar-refractivity contribution in [3.63, 3.8) is 0 Å². The summed E-state index contributed by atoms with van der Waals surface area (Å²) < 4.78 is 65.2. The Balaban J connectivity index is 0.890. The van der Waals surface area contributed by atoms with Crippen LogP contribution in [0.3, 0.4) is 0 Å². The molecule has 0 spiro atoms. The van der Waals surface area contributed by atoms with Crippen molar-refractivity contribution in [1.29, 1.82) is 0 Å². The van der Waals surface area contributed by atoms with Crippen molar-refractivity contribution in [2.75, 3.05) is 78.1 Å². The van der Waals surface area contributed by atoms with E-state index in [0.29, 0.717) is 106 Å². The van der Waals surface area contributed by atoms with E-state index in [9.17, 15) is 47.9 Å². The molecule has 1 heterocycles. The largest absolute Gasteiger partial charge is 0.465 e. The van der Waals surface area contributed by atoms with E-state index in [-0.39, 0.29) is 83.4 Å². The SMILES string of the molecule is C=CC(=O)OCCOC(=O)CCC(=O)OCCc1ccc(OC(=O)C2CCC(C(=O)Oc3ccc(OC(=O)C4CCC(C(=O)Oc5ccc(CCOC(=O)CCC(=O)OCCOC(=O)C=C)cc5)CC4)c(/C=N/N(CCOCCOC)c4nc5ccccc5s4)c3)CC2)cc1. The van der Waals surface area contributed by atoms with Gasteiger partial charge in [0.1, 0.15) is 49.4 Å². The van der Waals surface area contributed by atoms with E-state index in [1.165, 1.54) is 29.7 Å². The van der Waals surface area contributed by atoms with Gasteiger partial charge >= 0.3 is 59.7 Å². The van der Waals surface area contributed by atoms with Gasteiger partial charge in [0.15, 0.2) is 0 Å². The van der Waals surface area contributed by atoms with E-state index in [4.69, 9.17) is 66.9 Å². The van der Waals surface area contributed by atoms with Gasteiger partial charge < -0.3 is 56.8 Å². The molecule has 0 aliphatic heterocycles. The Bertz CT molecular complexity index is 3430. The second-order valence-electron chi connectivity index (χ2n) is 21.8. The zero-order valence-corrected chi connectivity index (χ0v) is 53.6. The minimum atomic E-state index is -0.641. The number of anilines is 1. The molecule has 2 fully saturated rings. The Labute approximate surface area is 552 Å². The summed E-state index contributed by atoms with van der Waals surface area (Å²) >= 11 is 1.43. The maximum absolute atomic E-state index is 14.0. The number of ether oxygens (including phenoxy) is 12. The number of methoxy groups -OCH3 is 1. The normalized spacial score (nSPS) is 15.9. The molecule has 2 aliphatic carbocycles. The van der Waals surface area contributed by atoms with Crippen LogP contribution in [0.15, 0.2) is 121 Å². The van der Waals surface area contributed by atoms with Gasteiger partial charge in [-0.25, -0.2) is 19.6 Å². The number of hydrazone groups is 1. The van der Waals surface area contributed by atoms with Gasteiger partial charge in [-0.1, -0.05) is 60.9 Å². The second kappa shape index (κ2) is 39.1. The fraction of sp³-hybridized carbons (Fsp3) is 0.420. The Morgan fingerprint density at radius 1 is 0.495 bits per heavy atom. The van der Waals surface area contributed by atoms with E-state index >= 15 is 0 Å². The number of thiazole rings is 1. The molecule has 2 aliphatic rings. The zero-order valence-electron chi connectivity index (χ0n) is 52.8. The van der Waals surface area contributed by atoms with Crippen LogP contribution in [0.2, 0.25) is 0 Å². The Morgan fingerprint density at radius 3 is 1.37 bits per heavy atom. The summed E-state index contributed by atoms with van der Waals surface area (Å²) in [5.74, 6) is -6.64. The molecule has 4 aromatic carbocycles. The number of carbonyl (C=O) groups excluding carboxylic acids is 10. The van der Waals surface area contributed by atoms with Crippen LogP contribution < -0.4 is 24.0 Å². The lowest BCUT2D eigenvalue weighted by atomic mass is 9.82. The molecule has 95 heavy (non-hydrogen) atoms. The summed E-state index contributed by atoms with van der Waals surface area (Å²) in [5, 5.41) is 7.07. The monoisotopic (exact) mass is 1330 g/mol. The highest BCUT2D eigenvalue weighted by atomic mass is 32.1. The number of aromatic nitrogens is 1. The molecule has 0 unspecified atom stereocenters. The molecule has 0 amide bonds. The van der Waals surface area contributed by atoms with Gasteiger partial charge in [-0.15, -0.1) is 0 Å². The second-order valence-corrected chi connectivity index (χ2v) is 22.8. The molecular weight excluding hydrogens is 1250 g/mol. The summed E-state index contributed by atoms with van der Waals surface area (Å²) in [4.78, 5) is 130. The first-order valence-corrected chi connectivity index (χ1v) is 32.0. The predicted octanol–water partition coefficient (Wildman–Crippen LogP) is 8.71. The maximum Gasteiger partial charge on any atom is 0.330 e. The van der Waals surface area contributed by atoms with E-state index in [1.807, 2.05) is 24.3 Å².